The van der Waals surface area contributed by atoms with Crippen molar-refractivity contribution in [2.75, 3.05) is 26.3 Å². The SMILES string of the molecule is O=C(c1cc(COc2cccc(C(F)(F)F)c2)[nH]n1)N1CCOCC1. The molecule has 2 aromatic rings. The molecule has 1 fully saturated rings. The van der Waals surface area contributed by atoms with Gasteiger partial charge in [0.25, 0.3) is 5.91 Å². The Morgan fingerprint density at radius 1 is 1.28 bits per heavy atom. The van der Waals surface area contributed by atoms with E-state index in [0.29, 0.717) is 32.0 Å². The molecular weight excluding hydrogens is 339 g/mol. The molecule has 1 aromatic carbocycles. The molecule has 0 saturated carbocycles. The third-order valence-corrected chi connectivity index (χ3v) is 3.70. The largest absolute Gasteiger partial charge is 0.487 e. The summed E-state index contributed by atoms with van der Waals surface area (Å²) in [7, 11) is 0. The Labute approximate surface area is 141 Å². The fourth-order valence-corrected chi connectivity index (χ4v) is 2.40. The zero-order chi connectivity index (χ0) is 17.9. The zero-order valence-corrected chi connectivity index (χ0v) is 13.2. The van der Waals surface area contributed by atoms with Crippen molar-refractivity contribution in [3.05, 3.63) is 47.3 Å². The van der Waals surface area contributed by atoms with E-state index in [4.69, 9.17) is 9.47 Å². The number of carbonyl (C=O) groups is 1. The molecule has 0 aliphatic carbocycles. The van der Waals surface area contributed by atoms with Crippen molar-refractivity contribution >= 4 is 5.91 Å². The number of morpholine rings is 1. The molecular formula is C16H16F3N3O3. The number of alkyl halides is 3. The Bertz CT molecular complexity index is 739. The minimum Gasteiger partial charge on any atom is -0.487 e. The molecule has 1 amide bonds. The van der Waals surface area contributed by atoms with E-state index in [1.54, 1.807) is 4.90 Å². The number of benzene rings is 1. The van der Waals surface area contributed by atoms with E-state index in [-0.39, 0.29) is 24.0 Å². The molecule has 1 aliphatic rings. The lowest BCUT2D eigenvalue weighted by Crippen LogP contribution is -2.40. The number of halogens is 3. The Morgan fingerprint density at radius 3 is 2.76 bits per heavy atom. The third kappa shape index (κ3) is 4.30. The van der Waals surface area contributed by atoms with E-state index in [1.807, 2.05) is 0 Å². The second-order valence-electron chi connectivity index (χ2n) is 5.50. The Morgan fingerprint density at radius 2 is 2.04 bits per heavy atom. The number of hydrogen-bond acceptors (Lipinski definition) is 4. The second kappa shape index (κ2) is 7.14. The predicted octanol–water partition coefficient (Wildman–Crippen LogP) is 2.48. The van der Waals surface area contributed by atoms with Gasteiger partial charge in [0.1, 0.15) is 12.4 Å². The van der Waals surface area contributed by atoms with Crippen LogP contribution in [-0.4, -0.2) is 47.3 Å². The molecule has 0 bridgehead atoms. The van der Waals surface area contributed by atoms with Crippen LogP contribution in [0.4, 0.5) is 13.2 Å². The van der Waals surface area contributed by atoms with Crippen LogP contribution in [-0.2, 0) is 17.5 Å². The first-order chi connectivity index (χ1) is 11.9. The highest BCUT2D eigenvalue weighted by Gasteiger charge is 2.30. The van der Waals surface area contributed by atoms with Gasteiger partial charge in [-0.1, -0.05) is 6.07 Å². The summed E-state index contributed by atoms with van der Waals surface area (Å²) in [6, 6.07) is 6.15. The minimum absolute atomic E-state index is 0.0231. The number of nitrogens with zero attached hydrogens (tertiary/aromatic N) is 2. The van der Waals surface area contributed by atoms with Crippen LogP contribution in [0.3, 0.4) is 0 Å². The molecule has 0 unspecified atom stereocenters. The molecule has 1 saturated heterocycles. The van der Waals surface area contributed by atoms with Gasteiger partial charge in [-0.2, -0.15) is 18.3 Å². The summed E-state index contributed by atoms with van der Waals surface area (Å²) in [5, 5.41) is 6.61. The monoisotopic (exact) mass is 355 g/mol. The maximum atomic E-state index is 12.7. The standard InChI is InChI=1S/C16H16F3N3O3/c17-16(18,19)11-2-1-3-13(8-11)25-10-12-9-14(21-20-12)15(23)22-4-6-24-7-5-22/h1-3,8-9H,4-7,10H2,(H,20,21). The normalized spacial score (nSPS) is 15.2. The lowest BCUT2D eigenvalue weighted by atomic mass is 10.2. The van der Waals surface area contributed by atoms with Crippen LogP contribution < -0.4 is 4.74 Å². The van der Waals surface area contributed by atoms with Crippen molar-refractivity contribution in [2.45, 2.75) is 12.8 Å². The van der Waals surface area contributed by atoms with Gasteiger partial charge in [0.05, 0.1) is 24.5 Å². The van der Waals surface area contributed by atoms with Gasteiger partial charge in [0, 0.05) is 13.1 Å². The van der Waals surface area contributed by atoms with Crippen molar-refractivity contribution in [1.29, 1.82) is 0 Å². The van der Waals surface area contributed by atoms with E-state index in [0.717, 1.165) is 12.1 Å². The summed E-state index contributed by atoms with van der Waals surface area (Å²) in [5.74, 6) is -0.129. The van der Waals surface area contributed by atoms with Gasteiger partial charge >= 0.3 is 6.18 Å². The van der Waals surface area contributed by atoms with E-state index in [9.17, 15) is 18.0 Å². The van der Waals surface area contributed by atoms with Crippen LogP contribution in [0.1, 0.15) is 21.7 Å². The highest BCUT2D eigenvalue weighted by atomic mass is 19.4. The summed E-state index contributed by atoms with van der Waals surface area (Å²) in [6.07, 6.45) is -4.43. The Balaban J connectivity index is 1.61. The maximum Gasteiger partial charge on any atom is 0.416 e. The number of H-pyrrole nitrogens is 1. The first kappa shape index (κ1) is 17.3. The number of ether oxygens (including phenoxy) is 2. The number of aromatic amines is 1. The van der Waals surface area contributed by atoms with Gasteiger partial charge in [-0.15, -0.1) is 0 Å². The first-order valence-corrected chi connectivity index (χ1v) is 7.65. The molecule has 3 rings (SSSR count). The number of rotatable bonds is 4. The van der Waals surface area contributed by atoms with Crippen LogP contribution in [0, 0.1) is 0 Å². The van der Waals surface area contributed by atoms with Crippen LogP contribution in [0.25, 0.3) is 0 Å². The van der Waals surface area contributed by atoms with Crippen molar-refractivity contribution in [3.8, 4) is 5.75 Å². The van der Waals surface area contributed by atoms with Crippen LogP contribution in [0.2, 0.25) is 0 Å². The fourth-order valence-electron chi connectivity index (χ4n) is 2.40. The lowest BCUT2D eigenvalue weighted by molar-refractivity contribution is -0.137. The number of hydrogen-bond donors (Lipinski definition) is 1. The van der Waals surface area contributed by atoms with Crippen LogP contribution in [0.15, 0.2) is 30.3 Å². The van der Waals surface area contributed by atoms with Gasteiger partial charge in [0.15, 0.2) is 5.69 Å². The number of aromatic nitrogens is 2. The molecule has 1 aromatic heterocycles. The van der Waals surface area contributed by atoms with Gasteiger partial charge in [-0.25, -0.2) is 0 Å². The first-order valence-electron chi connectivity index (χ1n) is 7.65. The van der Waals surface area contributed by atoms with Gasteiger partial charge in [-0.3, -0.25) is 9.89 Å². The van der Waals surface area contributed by atoms with E-state index >= 15 is 0 Å². The maximum absolute atomic E-state index is 12.7. The molecule has 6 nitrogen and oxygen atoms in total. The van der Waals surface area contributed by atoms with Crippen LogP contribution >= 0.6 is 0 Å². The van der Waals surface area contributed by atoms with Crippen molar-refractivity contribution in [1.82, 2.24) is 15.1 Å². The molecule has 0 spiro atoms. The Kier molecular flexibility index (Phi) is 4.93. The number of nitrogens with one attached hydrogen (secondary N) is 1. The summed E-state index contributed by atoms with van der Waals surface area (Å²) < 4.78 is 48.6. The molecule has 9 heteroatoms. The van der Waals surface area contributed by atoms with Gasteiger partial charge in [0.2, 0.25) is 0 Å². The van der Waals surface area contributed by atoms with Gasteiger partial charge in [-0.05, 0) is 24.3 Å². The highest BCUT2D eigenvalue weighted by molar-refractivity contribution is 5.92. The zero-order valence-electron chi connectivity index (χ0n) is 13.2. The average molecular weight is 355 g/mol. The third-order valence-electron chi connectivity index (χ3n) is 3.70. The quantitative estimate of drug-likeness (QED) is 0.915. The van der Waals surface area contributed by atoms with E-state index in [1.165, 1.54) is 18.2 Å². The number of amides is 1. The smallest absolute Gasteiger partial charge is 0.416 e. The molecule has 25 heavy (non-hydrogen) atoms. The number of carbonyl (C=O) groups excluding carboxylic acids is 1. The average Bonchev–Trinajstić information content (AvgIpc) is 3.08. The predicted molar refractivity (Wildman–Crippen MR) is 81.1 cm³/mol. The summed E-state index contributed by atoms with van der Waals surface area (Å²) in [4.78, 5) is 13.9. The fraction of sp³-hybridized carbons (Fsp3) is 0.375. The molecule has 1 N–H and O–H groups in total. The van der Waals surface area contributed by atoms with Crippen molar-refractivity contribution in [3.63, 3.8) is 0 Å². The Hall–Kier alpha value is -2.55. The van der Waals surface area contributed by atoms with Gasteiger partial charge < -0.3 is 14.4 Å². The molecule has 1 aliphatic heterocycles. The topological polar surface area (TPSA) is 67.5 Å². The molecule has 134 valence electrons. The minimum atomic E-state index is -4.43. The summed E-state index contributed by atoms with van der Waals surface area (Å²) in [5.41, 5.74) is -0.0450. The molecule has 2 heterocycles. The summed E-state index contributed by atoms with van der Waals surface area (Å²) in [6.45, 7) is 1.96. The lowest BCUT2D eigenvalue weighted by Gasteiger charge is -2.25. The molecule has 0 radical (unpaired) electrons. The second-order valence-corrected chi connectivity index (χ2v) is 5.50. The van der Waals surface area contributed by atoms with E-state index < -0.39 is 11.7 Å². The van der Waals surface area contributed by atoms with Crippen molar-refractivity contribution < 1.29 is 27.4 Å². The van der Waals surface area contributed by atoms with Crippen molar-refractivity contribution in [2.24, 2.45) is 0 Å². The summed E-state index contributed by atoms with van der Waals surface area (Å²) >= 11 is 0. The highest BCUT2D eigenvalue weighted by Crippen LogP contribution is 2.31. The van der Waals surface area contributed by atoms with E-state index in [2.05, 4.69) is 10.2 Å². The van der Waals surface area contributed by atoms with Crippen LogP contribution in [0.5, 0.6) is 5.75 Å². The molecule has 0 atom stereocenters.